The Morgan fingerprint density at radius 1 is 1.28 bits per heavy atom. The second-order valence-electron chi connectivity index (χ2n) is 5.17. The third kappa shape index (κ3) is 4.78. The number of guanidine groups is 1. The molecular weight excluding hydrogens is 222 g/mol. The third-order valence-electron chi connectivity index (χ3n) is 2.95. The van der Waals surface area contributed by atoms with E-state index in [0.29, 0.717) is 11.9 Å². The summed E-state index contributed by atoms with van der Waals surface area (Å²) in [5.41, 5.74) is 9.89. The Hall–Kier alpha value is -1.51. The molecule has 3 N–H and O–H groups in total. The molecule has 0 aliphatic heterocycles. The normalized spacial score (nSPS) is 11.9. The summed E-state index contributed by atoms with van der Waals surface area (Å²) in [5, 5.41) is 3.17. The summed E-state index contributed by atoms with van der Waals surface area (Å²) in [6.45, 7) is 10.2. The highest BCUT2D eigenvalue weighted by Gasteiger charge is 2.02. The van der Waals surface area contributed by atoms with Crippen molar-refractivity contribution < 1.29 is 0 Å². The van der Waals surface area contributed by atoms with E-state index in [2.05, 4.69) is 56.2 Å². The van der Waals surface area contributed by atoms with Gasteiger partial charge in [0.2, 0.25) is 0 Å². The maximum atomic E-state index is 5.80. The van der Waals surface area contributed by atoms with Gasteiger partial charge in [-0.3, -0.25) is 4.99 Å². The van der Waals surface area contributed by atoms with Crippen molar-refractivity contribution in [1.29, 1.82) is 0 Å². The number of benzene rings is 1. The zero-order chi connectivity index (χ0) is 13.5. The SMILES string of the molecule is Cc1cccc(C)c1CCNC(N)=NCC(C)C. The molecule has 1 aromatic carbocycles. The van der Waals surface area contributed by atoms with Gasteiger partial charge in [-0.1, -0.05) is 32.0 Å². The molecule has 0 aliphatic rings. The van der Waals surface area contributed by atoms with Crippen LogP contribution in [0.5, 0.6) is 0 Å². The van der Waals surface area contributed by atoms with Crippen LogP contribution in [-0.2, 0) is 6.42 Å². The predicted octanol–water partition coefficient (Wildman–Crippen LogP) is 2.41. The third-order valence-corrected chi connectivity index (χ3v) is 2.95. The number of rotatable bonds is 5. The maximum absolute atomic E-state index is 5.80. The molecule has 0 saturated carbocycles. The molecule has 0 heterocycles. The zero-order valence-corrected chi connectivity index (χ0v) is 12.0. The van der Waals surface area contributed by atoms with Crippen LogP contribution in [0.2, 0.25) is 0 Å². The van der Waals surface area contributed by atoms with Crippen LogP contribution in [0.25, 0.3) is 0 Å². The lowest BCUT2D eigenvalue weighted by Crippen LogP contribution is -2.33. The Balaban J connectivity index is 2.44. The van der Waals surface area contributed by atoms with Crippen molar-refractivity contribution in [1.82, 2.24) is 5.32 Å². The van der Waals surface area contributed by atoms with Crippen molar-refractivity contribution in [2.24, 2.45) is 16.6 Å². The topological polar surface area (TPSA) is 50.4 Å². The molecule has 1 aromatic rings. The standard InChI is InChI=1S/C15H25N3/c1-11(2)10-18-15(16)17-9-8-14-12(3)6-5-7-13(14)4/h5-7,11H,8-10H2,1-4H3,(H3,16,17,18). The lowest BCUT2D eigenvalue weighted by atomic mass is 10.0. The van der Waals surface area contributed by atoms with Gasteiger partial charge in [-0.15, -0.1) is 0 Å². The first-order valence-electron chi connectivity index (χ1n) is 6.59. The van der Waals surface area contributed by atoms with Gasteiger partial charge < -0.3 is 11.1 Å². The van der Waals surface area contributed by atoms with Crippen molar-refractivity contribution in [3.63, 3.8) is 0 Å². The molecule has 18 heavy (non-hydrogen) atoms. The Morgan fingerprint density at radius 3 is 2.44 bits per heavy atom. The summed E-state index contributed by atoms with van der Waals surface area (Å²) in [7, 11) is 0. The van der Waals surface area contributed by atoms with E-state index in [9.17, 15) is 0 Å². The number of nitrogens with two attached hydrogens (primary N) is 1. The number of nitrogens with zero attached hydrogens (tertiary/aromatic N) is 1. The van der Waals surface area contributed by atoms with E-state index < -0.39 is 0 Å². The predicted molar refractivity (Wildman–Crippen MR) is 79.0 cm³/mol. The molecular formula is C15H25N3. The van der Waals surface area contributed by atoms with E-state index in [-0.39, 0.29) is 0 Å². The Morgan fingerprint density at radius 2 is 1.89 bits per heavy atom. The highest BCUT2D eigenvalue weighted by Crippen LogP contribution is 2.13. The van der Waals surface area contributed by atoms with Crippen molar-refractivity contribution >= 4 is 5.96 Å². The number of hydrogen-bond acceptors (Lipinski definition) is 1. The summed E-state index contributed by atoms with van der Waals surface area (Å²) in [4.78, 5) is 4.28. The van der Waals surface area contributed by atoms with Gasteiger partial charge in [0.15, 0.2) is 5.96 Å². The second kappa shape index (κ2) is 7.04. The lowest BCUT2D eigenvalue weighted by Gasteiger charge is -2.11. The minimum atomic E-state index is 0.545. The Bertz CT molecular complexity index is 388. The van der Waals surface area contributed by atoms with E-state index in [1.165, 1.54) is 16.7 Å². The van der Waals surface area contributed by atoms with E-state index in [0.717, 1.165) is 19.5 Å². The molecule has 3 heteroatoms. The van der Waals surface area contributed by atoms with Gasteiger partial charge in [0.05, 0.1) is 0 Å². The highest BCUT2D eigenvalue weighted by molar-refractivity contribution is 5.77. The van der Waals surface area contributed by atoms with Gasteiger partial charge >= 0.3 is 0 Å². The molecule has 0 spiro atoms. The molecule has 0 fully saturated rings. The van der Waals surface area contributed by atoms with Crippen LogP contribution >= 0.6 is 0 Å². The van der Waals surface area contributed by atoms with Crippen molar-refractivity contribution in [3.05, 3.63) is 34.9 Å². The molecule has 1 rings (SSSR count). The van der Waals surface area contributed by atoms with E-state index in [4.69, 9.17) is 5.73 Å². The lowest BCUT2D eigenvalue weighted by molar-refractivity contribution is 0.661. The fraction of sp³-hybridized carbons (Fsp3) is 0.533. The van der Waals surface area contributed by atoms with Crippen LogP contribution in [0.3, 0.4) is 0 Å². The summed E-state index contributed by atoms with van der Waals surface area (Å²) in [6.07, 6.45) is 0.983. The molecule has 0 amide bonds. The molecule has 3 nitrogen and oxygen atoms in total. The summed E-state index contributed by atoms with van der Waals surface area (Å²) < 4.78 is 0. The number of nitrogens with one attached hydrogen (secondary N) is 1. The Labute approximate surface area is 111 Å². The first-order chi connectivity index (χ1) is 8.50. The monoisotopic (exact) mass is 247 g/mol. The Kier molecular flexibility index (Phi) is 5.69. The number of aliphatic imine (C=N–C) groups is 1. The average Bonchev–Trinajstić information content (AvgIpc) is 2.30. The molecule has 100 valence electrons. The van der Waals surface area contributed by atoms with Crippen LogP contribution in [0.15, 0.2) is 23.2 Å². The van der Waals surface area contributed by atoms with Gasteiger partial charge in [-0.25, -0.2) is 0 Å². The average molecular weight is 247 g/mol. The highest BCUT2D eigenvalue weighted by atomic mass is 15.1. The summed E-state index contributed by atoms with van der Waals surface area (Å²) >= 11 is 0. The minimum Gasteiger partial charge on any atom is -0.370 e. The quantitative estimate of drug-likeness (QED) is 0.620. The van der Waals surface area contributed by atoms with Gasteiger partial charge in [0, 0.05) is 13.1 Å². The van der Waals surface area contributed by atoms with Crippen LogP contribution in [0.4, 0.5) is 0 Å². The molecule has 0 atom stereocenters. The fourth-order valence-corrected chi connectivity index (χ4v) is 1.90. The van der Waals surface area contributed by atoms with E-state index >= 15 is 0 Å². The molecule has 0 radical (unpaired) electrons. The maximum Gasteiger partial charge on any atom is 0.188 e. The molecule has 0 saturated heterocycles. The van der Waals surface area contributed by atoms with Crippen LogP contribution in [-0.4, -0.2) is 19.0 Å². The molecule has 0 bridgehead atoms. The molecule has 0 unspecified atom stereocenters. The summed E-state index contributed by atoms with van der Waals surface area (Å²) in [6, 6.07) is 6.40. The van der Waals surface area contributed by atoms with Crippen LogP contribution in [0.1, 0.15) is 30.5 Å². The zero-order valence-electron chi connectivity index (χ0n) is 12.0. The van der Waals surface area contributed by atoms with Gasteiger partial charge in [0.1, 0.15) is 0 Å². The largest absolute Gasteiger partial charge is 0.370 e. The van der Waals surface area contributed by atoms with Gasteiger partial charge in [0.25, 0.3) is 0 Å². The first kappa shape index (κ1) is 14.6. The van der Waals surface area contributed by atoms with Crippen LogP contribution in [0, 0.1) is 19.8 Å². The summed E-state index contributed by atoms with van der Waals surface area (Å²) in [5.74, 6) is 1.10. The van der Waals surface area contributed by atoms with E-state index in [1.807, 2.05) is 0 Å². The van der Waals surface area contributed by atoms with Gasteiger partial charge in [-0.2, -0.15) is 0 Å². The van der Waals surface area contributed by atoms with Crippen molar-refractivity contribution in [3.8, 4) is 0 Å². The van der Waals surface area contributed by atoms with Crippen molar-refractivity contribution in [2.45, 2.75) is 34.1 Å². The first-order valence-corrected chi connectivity index (χ1v) is 6.59. The second-order valence-corrected chi connectivity index (χ2v) is 5.17. The smallest absolute Gasteiger partial charge is 0.188 e. The van der Waals surface area contributed by atoms with Gasteiger partial charge in [-0.05, 0) is 42.9 Å². The number of hydrogen-bond donors (Lipinski definition) is 2. The molecule has 0 aliphatic carbocycles. The minimum absolute atomic E-state index is 0.545. The molecule has 0 aromatic heterocycles. The fourth-order valence-electron chi connectivity index (χ4n) is 1.90. The van der Waals surface area contributed by atoms with Crippen molar-refractivity contribution in [2.75, 3.05) is 13.1 Å². The number of aryl methyl sites for hydroxylation is 2. The van der Waals surface area contributed by atoms with Crippen LogP contribution < -0.4 is 11.1 Å². The van der Waals surface area contributed by atoms with E-state index in [1.54, 1.807) is 0 Å².